The van der Waals surface area contributed by atoms with Gasteiger partial charge in [-0.15, -0.1) is 0 Å². The first-order valence-corrected chi connectivity index (χ1v) is 11.8. The van der Waals surface area contributed by atoms with Gasteiger partial charge in [0, 0.05) is 36.8 Å². The number of amides is 1. The smallest absolute Gasteiger partial charge is 0.341 e. The van der Waals surface area contributed by atoms with Gasteiger partial charge in [-0.1, -0.05) is 30.3 Å². The third-order valence-corrected chi connectivity index (χ3v) is 6.78. The summed E-state index contributed by atoms with van der Waals surface area (Å²) in [5.74, 6) is -2.16. The summed E-state index contributed by atoms with van der Waals surface area (Å²) in [7, 11) is 0. The molecule has 1 aliphatic heterocycles. The fourth-order valence-corrected chi connectivity index (χ4v) is 4.77. The summed E-state index contributed by atoms with van der Waals surface area (Å²) in [5, 5.41) is 12.5. The van der Waals surface area contributed by atoms with Gasteiger partial charge in [-0.2, -0.15) is 0 Å². The number of aromatic nitrogens is 1. The van der Waals surface area contributed by atoms with Crippen molar-refractivity contribution < 1.29 is 19.1 Å². The van der Waals surface area contributed by atoms with Crippen LogP contribution in [0.25, 0.3) is 10.9 Å². The molecular formula is C26H27FN4O4. The number of nitrogens with zero attached hydrogens (tertiary/aromatic N) is 2. The van der Waals surface area contributed by atoms with Crippen LogP contribution in [0.5, 0.6) is 0 Å². The van der Waals surface area contributed by atoms with Crippen molar-refractivity contribution in [3.05, 3.63) is 75.8 Å². The molecule has 2 heterocycles. The van der Waals surface area contributed by atoms with Crippen LogP contribution in [0.4, 0.5) is 10.1 Å². The molecule has 0 bridgehead atoms. The minimum Gasteiger partial charge on any atom is -0.477 e. The number of aromatic carboxylic acids is 1. The summed E-state index contributed by atoms with van der Waals surface area (Å²) < 4.78 is 16.9. The maximum absolute atomic E-state index is 15.1. The first-order chi connectivity index (χ1) is 16.8. The number of carbonyl (C=O) groups excluding carboxylic acids is 1. The number of hydrogen-bond acceptors (Lipinski definition) is 5. The van der Waals surface area contributed by atoms with E-state index in [1.54, 1.807) is 10.6 Å². The quantitative estimate of drug-likeness (QED) is 0.480. The summed E-state index contributed by atoms with van der Waals surface area (Å²) in [6, 6.07) is 11.6. The van der Waals surface area contributed by atoms with E-state index in [1.165, 1.54) is 6.20 Å². The number of rotatable bonds is 7. The Hall–Kier alpha value is -3.72. The SMILES string of the molecule is N[C@@H](Cc1ccccc1)C(=O)N[C@H]1CCN(c2cc3c(cc2F)c(=O)c(C(=O)O)cn3C2CC2)C1. The summed E-state index contributed by atoms with van der Waals surface area (Å²) >= 11 is 0. The van der Waals surface area contributed by atoms with E-state index in [4.69, 9.17) is 5.73 Å². The van der Waals surface area contributed by atoms with Crippen molar-refractivity contribution in [1.82, 2.24) is 9.88 Å². The van der Waals surface area contributed by atoms with Crippen molar-refractivity contribution in [2.24, 2.45) is 5.73 Å². The number of nitrogens with one attached hydrogen (secondary N) is 1. The van der Waals surface area contributed by atoms with Crippen LogP contribution in [-0.4, -0.2) is 46.7 Å². The van der Waals surface area contributed by atoms with E-state index in [0.717, 1.165) is 24.5 Å². The molecule has 9 heteroatoms. The molecule has 5 rings (SSSR count). The lowest BCUT2D eigenvalue weighted by Gasteiger charge is -2.22. The van der Waals surface area contributed by atoms with Crippen LogP contribution in [0.2, 0.25) is 0 Å². The number of hydrogen-bond donors (Lipinski definition) is 3. The monoisotopic (exact) mass is 478 g/mol. The lowest BCUT2D eigenvalue weighted by atomic mass is 10.1. The second-order valence-corrected chi connectivity index (χ2v) is 9.37. The van der Waals surface area contributed by atoms with Crippen LogP contribution < -0.4 is 21.4 Å². The van der Waals surface area contributed by atoms with Gasteiger partial charge in [0.15, 0.2) is 0 Å². The number of anilines is 1. The van der Waals surface area contributed by atoms with Gasteiger partial charge in [0.25, 0.3) is 0 Å². The van der Waals surface area contributed by atoms with E-state index in [2.05, 4.69) is 5.32 Å². The zero-order chi connectivity index (χ0) is 24.7. The molecular weight excluding hydrogens is 451 g/mol. The van der Waals surface area contributed by atoms with Gasteiger partial charge < -0.3 is 25.6 Å². The van der Waals surface area contributed by atoms with Gasteiger partial charge in [0.2, 0.25) is 11.3 Å². The highest BCUT2D eigenvalue weighted by atomic mass is 19.1. The van der Waals surface area contributed by atoms with E-state index in [-0.39, 0.29) is 28.9 Å². The van der Waals surface area contributed by atoms with Gasteiger partial charge in [-0.3, -0.25) is 9.59 Å². The highest BCUT2D eigenvalue weighted by Gasteiger charge is 2.30. The van der Waals surface area contributed by atoms with Crippen molar-refractivity contribution in [2.75, 3.05) is 18.0 Å². The van der Waals surface area contributed by atoms with Gasteiger partial charge >= 0.3 is 5.97 Å². The molecule has 2 aliphatic rings. The average Bonchev–Trinajstić information content (AvgIpc) is 3.58. The number of carboxylic acids is 1. The number of nitrogens with two attached hydrogens (primary N) is 1. The summed E-state index contributed by atoms with van der Waals surface area (Å²) in [5.41, 5.74) is 6.90. The van der Waals surface area contributed by atoms with Crippen LogP contribution in [0.15, 0.2) is 53.5 Å². The molecule has 35 heavy (non-hydrogen) atoms. The third kappa shape index (κ3) is 4.64. The second-order valence-electron chi connectivity index (χ2n) is 9.37. The Kier molecular flexibility index (Phi) is 6.02. The number of halogens is 1. The molecule has 2 fully saturated rings. The van der Waals surface area contributed by atoms with Crippen molar-refractivity contribution in [1.29, 1.82) is 0 Å². The van der Waals surface area contributed by atoms with Crippen LogP contribution in [0.3, 0.4) is 0 Å². The van der Waals surface area contributed by atoms with Gasteiger partial charge in [-0.05, 0) is 43.4 Å². The molecule has 0 unspecified atom stereocenters. The van der Waals surface area contributed by atoms with Crippen LogP contribution in [0, 0.1) is 5.82 Å². The Balaban J connectivity index is 1.35. The van der Waals surface area contributed by atoms with Crippen molar-refractivity contribution >= 4 is 28.5 Å². The van der Waals surface area contributed by atoms with E-state index in [0.29, 0.717) is 37.1 Å². The van der Waals surface area contributed by atoms with Crippen LogP contribution >= 0.6 is 0 Å². The molecule has 8 nitrogen and oxygen atoms in total. The van der Waals surface area contributed by atoms with Crippen molar-refractivity contribution in [3.8, 4) is 0 Å². The second kappa shape index (κ2) is 9.14. The molecule has 1 aromatic heterocycles. The Labute approximate surface area is 201 Å². The molecule has 1 aliphatic carbocycles. The van der Waals surface area contributed by atoms with Crippen LogP contribution in [-0.2, 0) is 11.2 Å². The zero-order valence-electron chi connectivity index (χ0n) is 19.1. The average molecular weight is 479 g/mol. The maximum atomic E-state index is 15.1. The molecule has 4 N–H and O–H groups in total. The predicted octanol–water partition coefficient (Wildman–Crippen LogP) is 2.44. The molecule has 1 saturated heterocycles. The molecule has 2 aromatic carbocycles. The Morgan fingerprint density at radius 1 is 1.17 bits per heavy atom. The standard InChI is InChI=1S/C26H27FN4O4/c27-20-11-18-22(31(17-6-7-17)14-19(24(18)32)26(34)35)12-23(20)30-9-8-16(13-30)29-25(33)21(28)10-15-4-2-1-3-5-15/h1-5,11-12,14,16-17,21H,6-10,13,28H2,(H,29,33)(H,34,35)/t16-,21-/m0/s1. The number of carbonyl (C=O) groups is 2. The highest BCUT2D eigenvalue weighted by Crippen LogP contribution is 2.38. The summed E-state index contributed by atoms with van der Waals surface area (Å²) in [4.78, 5) is 38.7. The molecule has 1 saturated carbocycles. The minimum absolute atomic E-state index is 0.0639. The largest absolute Gasteiger partial charge is 0.477 e. The zero-order valence-corrected chi connectivity index (χ0v) is 19.1. The molecule has 182 valence electrons. The van der Waals surface area contributed by atoms with Crippen molar-refractivity contribution in [3.63, 3.8) is 0 Å². The molecule has 1 amide bonds. The van der Waals surface area contributed by atoms with E-state index in [1.807, 2.05) is 35.2 Å². The fourth-order valence-electron chi connectivity index (χ4n) is 4.77. The first-order valence-electron chi connectivity index (χ1n) is 11.8. The normalized spacial score (nSPS) is 18.6. The number of carboxylic acid groups (broad SMARTS) is 1. The van der Waals surface area contributed by atoms with E-state index in [9.17, 15) is 19.5 Å². The number of pyridine rings is 1. The van der Waals surface area contributed by atoms with Crippen LogP contribution in [0.1, 0.15) is 41.2 Å². The molecule has 2 atom stereocenters. The Bertz CT molecular complexity index is 1350. The van der Waals surface area contributed by atoms with E-state index >= 15 is 4.39 Å². The highest BCUT2D eigenvalue weighted by molar-refractivity contribution is 5.93. The lowest BCUT2D eigenvalue weighted by molar-refractivity contribution is -0.122. The minimum atomic E-state index is -1.32. The summed E-state index contributed by atoms with van der Waals surface area (Å²) in [6.45, 7) is 0.940. The summed E-state index contributed by atoms with van der Waals surface area (Å²) in [6.07, 6.45) is 4.19. The molecule has 0 radical (unpaired) electrons. The third-order valence-electron chi connectivity index (χ3n) is 6.78. The molecule has 3 aromatic rings. The van der Waals surface area contributed by atoms with Gasteiger partial charge in [0.1, 0.15) is 11.4 Å². The topological polar surface area (TPSA) is 118 Å². The molecule has 0 spiro atoms. The van der Waals surface area contributed by atoms with Crippen molar-refractivity contribution in [2.45, 2.75) is 43.8 Å². The fraction of sp³-hybridized carbons (Fsp3) is 0.346. The van der Waals surface area contributed by atoms with Gasteiger partial charge in [0.05, 0.1) is 17.2 Å². The predicted molar refractivity (Wildman–Crippen MR) is 130 cm³/mol. The number of fused-ring (bicyclic) bond motifs is 1. The Morgan fingerprint density at radius 3 is 2.60 bits per heavy atom. The maximum Gasteiger partial charge on any atom is 0.341 e. The Morgan fingerprint density at radius 2 is 1.91 bits per heavy atom. The first kappa shape index (κ1) is 23.0. The lowest BCUT2D eigenvalue weighted by Crippen LogP contribution is -2.47. The number of benzene rings is 2. The van der Waals surface area contributed by atoms with Gasteiger partial charge in [-0.25, -0.2) is 9.18 Å². The van der Waals surface area contributed by atoms with E-state index < -0.39 is 23.3 Å².